The van der Waals surface area contributed by atoms with Crippen LogP contribution in [0.5, 0.6) is 11.5 Å². The number of ether oxygens (including phenoxy) is 2. The van der Waals surface area contributed by atoms with Gasteiger partial charge in [-0.05, 0) is 31.0 Å². The van der Waals surface area contributed by atoms with Gasteiger partial charge in [0.25, 0.3) is 0 Å². The summed E-state index contributed by atoms with van der Waals surface area (Å²) in [6.07, 6.45) is 2.91. The lowest BCUT2D eigenvalue weighted by Gasteiger charge is -2.31. The van der Waals surface area contributed by atoms with Crippen LogP contribution >= 0.6 is 0 Å². The van der Waals surface area contributed by atoms with E-state index in [2.05, 4.69) is 20.2 Å². The molecule has 0 amide bonds. The van der Waals surface area contributed by atoms with Gasteiger partial charge in [-0.1, -0.05) is 0 Å². The van der Waals surface area contributed by atoms with Crippen molar-refractivity contribution in [2.75, 3.05) is 37.5 Å². The number of anilines is 3. The van der Waals surface area contributed by atoms with Crippen molar-refractivity contribution in [3.05, 3.63) is 30.5 Å². The molecular weight excluding hydrogens is 336 g/mol. The van der Waals surface area contributed by atoms with Gasteiger partial charge in [-0.25, -0.2) is 4.98 Å². The molecule has 26 heavy (non-hydrogen) atoms. The molecule has 1 aliphatic rings. The number of benzene rings is 1. The normalized spacial score (nSPS) is 14.8. The van der Waals surface area contributed by atoms with E-state index in [1.54, 1.807) is 20.4 Å². The predicted octanol–water partition coefficient (Wildman–Crippen LogP) is 2.54. The smallest absolute Gasteiger partial charge is 0.306 e. The van der Waals surface area contributed by atoms with E-state index in [9.17, 15) is 4.79 Å². The Bertz CT molecular complexity index is 776. The summed E-state index contributed by atoms with van der Waals surface area (Å²) in [6.45, 7) is 1.33. The fourth-order valence-electron chi connectivity index (χ4n) is 2.97. The lowest BCUT2D eigenvalue weighted by molar-refractivity contribution is -0.142. The molecule has 1 saturated heterocycles. The van der Waals surface area contributed by atoms with Crippen molar-refractivity contribution >= 4 is 23.4 Å². The zero-order chi connectivity index (χ0) is 18.5. The molecule has 0 aliphatic carbocycles. The fraction of sp³-hybridized carbons (Fsp3) is 0.389. The Kier molecular flexibility index (Phi) is 5.40. The number of rotatable bonds is 6. The molecule has 2 N–H and O–H groups in total. The number of piperidine rings is 1. The summed E-state index contributed by atoms with van der Waals surface area (Å²) in [6, 6.07) is 7.26. The highest BCUT2D eigenvalue weighted by atomic mass is 16.5. The van der Waals surface area contributed by atoms with E-state index in [1.807, 2.05) is 24.3 Å². The van der Waals surface area contributed by atoms with Crippen molar-refractivity contribution in [2.45, 2.75) is 12.8 Å². The van der Waals surface area contributed by atoms with E-state index in [0.29, 0.717) is 49.1 Å². The van der Waals surface area contributed by atoms with E-state index in [1.165, 1.54) is 0 Å². The minimum Gasteiger partial charge on any atom is -0.497 e. The van der Waals surface area contributed by atoms with E-state index >= 15 is 0 Å². The van der Waals surface area contributed by atoms with Crippen molar-refractivity contribution in [1.29, 1.82) is 0 Å². The van der Waals surface area contributed by atoms with Gasteiger partial charge in [0.05, 0.1) is 25.8 Å². The number of aliphatic carboxylic acids is 1. The zero-order valence-corrected chi connectivity index (χ0v) is 14.8. The second-order valence-electron chi connectivity index (χ2n) is 6.03. The van der Waals surface area contributed by atoms with Gasteiger partial charge in [0, 0.05) is 25.4 Å². The maximum absolute atomic E-state index is 11.1. The highest BCUT2D eigenvalue weighted by molar-refractivity contribution is 5.70. The van der Waals surface area contributed by atoms with Crippen molar-refractivity contribution < 1.29 is 19.4 Å². The lowest BCUT2D eigenvalue weighted by atomic mass is 9.97. The molecule has 2 heterocycles. The molecule has 3 rings (SSSR count). The van der Waals surface area contributed by atoms with Gasteiger partial charge in [-0.3, -0.25) is 4.79 Å². The molecule has 2 aromatic rings. The highest BCUT2D eigenvalue weighted by Gasteiger charge is 2.25. The minimum absolute atomic E-state index is 0.272. The first kappa shape index (κ1) is 17.8. The quantitative estimate of drug-likeness (QED) is 0.813. The largest absolute Gasteiger partial charge is 0.497 e. The molecular formula is C18H22N4O4. The second-order valence-corrected chi connectivity index (χ2v) is 6.03. The first-order valence-electron chi connectivity index (χ1n) is 8.40. The van der Waals surface area contributed by atoms with Gasteiger partial charge in [-0.15, -0.1) is 0 Å². The Morgan fingerprint density at radius 2 is 2.00 bits per heavy atom. The van der Waals surface area contributed by atoms with Crippen LogP contribution in [0.4, 0.5) is 17.5 Å². The van der Waals surface area contributed by atoms with Crippen LogP contribution in [0.1, 0.15) is 12.8 Å². The fourth-order valence-corrected chi connectivity index (χ4v) is 2.97. The summed E-state index contributed by atoms with van der Waals surface area (Å²) in [5.41, 5.74) is 0.702. The summed E-state index contributed by atoms with van der Waals surface area (Å²) < 4.78 is 10.6. The third kappa shape index (κ3) is 3.96. The number of hydrogen-bond acceptors (Lipinski definition) is 7. The molecule has 138 valence electrons. The molecule has 0 unspecified atom stereocenters. The van der Waals surface area contributed by atoms with Crippen molar-refractivity contribution in [3.63, 3.8) is 0 Å². The van der Waals surface area contributed by atoms with Crippen LogP contribution in [-0.2, 0) is 4.79 Å². The van der Waals surface area contributed by atoms with Crippen LogP contribution in [0.3, 0.4) is 0 Å². The van der Waals surface area contributed by atoms with Gasteiger partial charge in [0.1, 0.15) is 17.3 Å². The molecule has 8 nitrogen and oxygen atoms in total. The third-order valence-corrected chi connectivity index (χ3v) is 4.46. The Labute approximate surface area is 151 Å². The number of hydrogen-bond donors (Lipinski definition) is 2. The Hall–Kier alpha value is -3.03. The van der Waals surface area contributed by atoms with Crippen molar-refractivity contribution in [1.82, 2.24) is 9.97 Å². The van der Waals surface area contributed by atoms with Gasteiger partial charge < -0.3 is 24.8 Å². The average Bonchev–Trinajstić information content (AvgIpc) is 2.68. The van der Waals surface area contributed by atoms with Crippen LogP contribution < -0.4 is 19.7 Å². The van der Waals surface area contributed by atoms with E-state index in [4.69, 9.17) is 14.6 Å². The summed E-state index contributed by atoms with van der Waals surface area (Å²) in [4.78, 5) is 22.0. The topological polar surface area (TPSA) is 96.8 Å². The summed E-state index contributed by atoms with van der Waals surface area (Å²) >= 11 is 0. The van der Waals surface area contributed by atoms with Crippen molar-refractivity contribution in [2.24, 2.45) is 5.92 Å². The maximum Gasteiger partial charge on any atom is 0.306 e. The molecule has 0 radical (unpaired) electrons. The number of carboxylic acids is 1. The van der Waals surface area contributed by atoms with Crippen LogP contribution in [0.25, 0.3) is 0 Å². The SMILES string of the molecule is COc1ccc(OC)c(Nc2nccc(N3CCC(C(=O)O)CC3)n2)c1. The molecule has 1 aromatic carbocycles. The summed E-state index contributed by atoms with van der Waals surface area (Å²) in [7, 11) is 3.19. The minimum atomic E-state index is -0.722. The lowest BCUT2D eigenvalue weighted by Crippen LogP contribution is -2.36. The third-order valence-electron chi connectivity index (χ3n) is 4.46. The molecule has 0 spiro atoms. The number of nitrogens with one attached hydrogen (secondary N) is 1. The Morgan fingerprint density at radius 3 is 2.65 bits per heavy atom. The molecule has 0 atom stereocenters. The number of methoxy groups -OCH3 is 2. The van der Waals surface area contributed by atoms with Gasteiger partial charge in [0.15, 0.2) is 0 Å². The Morgan fingerprint density at radius 1 is 1.23 bits per heavy atom. The first-order chi connectivity index (χ1) is 12.6. The first-order valence-corrected chi connectivity index (χ1v) is 8.40. The van der Waals surface area contributed by atoms with Crippen LogP contribution in [0.2, 0.25) is 0 Å². The average molecular weight is 358 g/mol. The number of aromatic nitrogens is 2. The molecule has 0 bridgehead atoms. The summed E-state index contributed by atoms with van der Waals surface area (Å²) in [5.74, 6) is 1.57. The number of nitrogens with zero attached hydrogens (tertiary/aromatic N) is 3. The second kappa shape index (κ2) is 7.90. The highest BCUT2D eigenvalue weighted by Crippen LogP contribution is 2.31. The number of carboxylic acid groups (broad SMARTS) is 1. The molecule has 0 saturated carbocycles. The van der Waals surface area contributed by atoms with Gasteiger partial charge in [0.2, 0.25) is 5.95 Å². The van der Waals surface area contributed by atoms with E-state index in [0.717, 1.165) is 5.82 Å². The monoisotopic (exact) mass is 358 g/mol. The predicted molar refractivity (Wildman–Crippen MR) is 97.4 cm³/mol. The van der Waals surface area contributed by atoms with Gasteiger partial charge >= 0.3 is 5.97 Å². The maximum atomic E-state index is 11.1. The van der Waals surface area contributed by atoms with E-state index in [-0.39, 0.29) is 5.92 Å². The van der Waals surface area contributed by atoms with Crippen LogP contribution in [-0.4, -0.2) is 48.4 Å². The zero-order valence-electron chi connectivity index (χ0n) is 14.8. The molecule has 8 heteroatoms. The number of carbonyl (C=O) groups is 1. The molecule has 1 fully saturated rings. The van der Waals surface area contributed by atoms with Crippen LogP contribution in [0.15, 0.2) is 30.5 Å². The summed E-state index contributed by atoms with van der Waals surface area (Å²) in [5, 5.41) is 12.3. The van der Waals surface area contributed by atoms with Gasteiger partial charge in [-0.2, -0.15) is 4.98 Å². The van der Waals surface area contributed by atoms with E-state index < -0.39 is 5.97 Å². The van der Waals surface area contributed by atoms with Crippen LogP contribution in [0, 0.1) is 5.92 Å². The molecule has 1 aromatic heterocycles. The Balaban J connectivity index is 1.75. The standard InChI is InChI=1S/C18H22N4O4/c1-25-13-3-4-15(26-2)14(11-13)20-18-19-8-5-16(21-18)22-9-6-12(7-10-22)17(23)24/h3-5,8,11-12H,6-7,9-10H2,1-2H3,(H,23,24)(H,19,20,21). The van der Waals surface area contributed by atoms with Crippen molar-refractivity contribution in [3.8, 4) is 11.5 Å². The molecule has 1 aliphatic heterocycles.